The molecule has 1 fully saturated rings. The molecule has 0 bridgehead atoms. The molecule has 2 heterocycles. The van der Waals surface area contributed by atoms with Gasteiger partial charge in [0.2, 0.25) is 5.91 Å². The van der Waals surface area contributed by atoms with Crippen molar-refractivity contribution in [2.24, 2.45) is 0 Å². The minimum Gasteiger partial charge on any atom is -0.408 e. The fraction of sp³-hybridized carbons (Fsp3) is 0.429. The number of amides is 1. The highest BCUT2D eigenvalue weighted by molar-refractivity contribution is 5.89. The van der Waals surface area contributed by atoms with Gasteiger partial charge in [0.25, 0.3) is 0 Å². The van der Waals surface area contributed by atoms with E-state index in [1.54, 1.807) is 12.1 Å². The number of fused-ring (bicyclic) bond motifs is 1. The molecule has 21 heavy (non-hydrogen) atoms. The van der Waals surface area contributed by atoms with Crippen LogP contribution < -0.4 is 16.8 Å². The van der Waals surface area contributed by atoms with E-state index in [1.165, 1.54) is 0 Å². The maximum absolute atomic E-state index is 12.3. The number of nitrogens with two attached hydrogens (primary N) is 1. The Morgan fingerprint density at radius 2 is 2.14 bits per heavy atom. The van der Waals surface area contributed by atoms with Gasteiger partial charge in [-0.25, -0.2) is 4.79 Å². The fourth-order valence-corrected chi connectivity index (χ4v) is 2.64. The first kappa shape index (κ1) is 13.5. The molecule has 0 spiro atoms. The summed E-state index contributed by atoms with van der Waals surface area (Å²) in [6, 6.07) is 2.88. The zero-order chi connectivity index (χ0) is 15.0. The molecule has 0 saturated carbocycles. The number of likely N-dealkylation sites (tertiary alicyclic amines) is 1. The first-order valence-electron chi connectivity index (χ1n) is 7.02. The molecular formula is C14H18N4O3. The Morgan fingerprint density at radius 1 is 1.43 bits per heavy atom. The fourth-order valence-electron chi connectivity index (χ4n) is 2.64. The third-order valence-electron chi connectivity index (χ3n) is 3.75. The van der Waals surface area contributed by atoms with Crippen LogP contribution in [0.3, 0.4) is 0 Å². The second-order valence-electron chi connectivity index (χ2n) is 5.35. The second kappa shape index (κ2) is 5.16. The Balaban J connectivity index is 1.81. The van der Waals surface area contributed by atoms with Crippen LogP contribution in [-0.4, -0.2) is 34.9 Å². The molecule has 3 rings (SSSR count). The van der Waals surface area contributed by atoms with Crippen LogP contribution in [0.25, 0.3) is 11.1 Å². The molecule has 1 aliphatic rings. The highest BCUT2D eigenvalue weighted by atomic mass is 16.4. The van der Waals surface area contributed by atoms with E-state index >= 15 is 0 Å². The number of hydrogen-bond donors (Lipinski definition) is 3. The molecule has 7 heteroatoms. The average Bonchev–Trinajstić information content (AvgIpc) is 3.06. The minimum absolute atomic E-state index is 0.0627. The van der Waals surface area contributed by atoms with Crippen LogP contribution in [0.2, 0.25) is 0 Å². The van der Waals surface area contributed by atoms with Gasteiger partial charge in [-0.2, -0.15) is 0 Å². The third kappa shape index (κ3) is 2.58. The average molecular weight is 290 g/mol. The van der Waals surface area contributed by atoms with Crippen molar-refractivity contribution in [3.63, 3.8) is 0 Å². The molecule has 1 unspecified atom stereocenters. The van der Waals surface area contributed by atoms with Crippen molar-refractivity contribution in [3.05, 3.63) is 22.7 Å². The largest absolute Gasteiger partial charge is 0.417 e. The number of rotatable bonds is 3. The normalized spacial score (nSPS) is 16.3. The molecule has 1 atom stereocenters. The third-order valence-corrected chi connectivity index (χ3v) is 3.75. The van der Waals surface area contributed by atoms with Gasteiger partial charge in [0.1, 0.15) is 6.04 Å². The number of carbonyl (C=O) groups excluding carboxylic acids is 1. The van der Waals surface area contributed by atoms with Gasteiger partial charge >= 0.3 is 5.76 Å². The molecular weight excluding hydrogens is 272 g/mol. The van der Waals surface area contributed by atoms with E-state index in [0.29, 0.717) is 22.5 Å². The number of oxazole rings is 1. The van der Waals surface area contributed by atoms with Gasteiger partial charge in [-0.3, -0.25) is 9.78 Å². The van der Waals surface area contributed by atoms with Gasteiger partial charge in [-0.15, -0.1) is 0 Å². The maximum Gasteiger partial charge on any atom is 0.417 e. The Hall–Kier alpha value is -2.44. The number of aromatic amines is 1. The van der Waals surface area contributed by atoms with E-state index in [0.717, 1.165) is 25.9 Å². The molecule has 4 N–H and O–H groups in total. The summed E-state index contributed by atoms with van der Waals surface area (Å²) in [4.78, 5) is 27.9. The molecule has 0 radical (unpaired) electrons. The Kier molecular flexibility index (Phi) is 3.32. The predicted molar refractivity (Wildman–Crippen MR) is 80.1 cm³/mol. The number of nitrogens with zero attached hydrogens (tertiary/aromatic N) is 1. The van der Waals surface area contributed by atoms with Crippen molar-refractivity contribution in [1.82, 2.24) is 9.88 Å². The van der Waals surface area contributed by atoms with Crippen LogP contribution in [0, 0.1) is 0 Å². The van der Waals surface area contributed by atoms with Gasteiger partial charge < -0.3 is 20.4 Å². The van der Waals surface area contributed by atoms with E-state index in [1.807, 2.05) is 11.8 Å². The summed E-state index contributed by atoms with van der Waals surface area (Å²) >= 11 is 0. The van der Waals surface area contributed by atoms with Crippen molar-refractivity contribution in [3.8, 4) is 0 Å². The zero-order valence-corrected chi connectivity index (χ0v) is 11.8. The lowest BCUT2D eigenvalue weighted by Gasteiger charge is -2.22. The predicted octanol–water partition coefficient (Wildman–Crippen LogP) is 1.13. The van der Waals surface area contributed by atoms with Crippen molar-refractivity contribution < 1.29 is 9.21 Å². The first-order chi connectivity index (χ1) is 10.0. The molecule has 1 aliphatic heterocycles. The van der Waals surface area contributed by atoms with E-state index in [4.69, 9.17) is 10.2 Å². The molecule has 7 nitrogen and oxygen atoms in total. The number of nitrogen functional groups attached to an aromatic ring is 1. The number of nitrogens with one attached hydrogen (secondary N) is 2. The number of benzene rings is 1. The van der Waals surface area contributed by atoms with Gasteiger partial charge in [0, 0.05) is 19.2 Å². The summed E-state index contributed by atoms with van der Waals surface area (Å²) in [5, 5.41) is 3.11. The van der Waals surface area contributed by atoms with E-state index in [-0.39, 0.29) is 11.9 Å². The summed E-state index contributed by atoms with van der Waals surface area (Å²) < 4.78 is 4.94. The number of aromatic nitrogens is 1. The van der Waals surface area contributed by atoms with Gasteiger partial charge in [-0.1, -0.05) is 0 Å². The molecule has 1 aromatic heterocycles. The van der Waals surface area contributed by atoms with Gasteiger partial charge in [0.05, 0.1) is 16.9 Å². The van der Waals surface area contributed by atoms with Crippen LogP contribution in [0.1, 0.15) is 19.8 Å². The lowest BCUT2D eigenvalue weighted by Crippen LogP contribution is -2.39. The number of hydrogen-bond acceptors (Lipinski definition) is 5. The first-order valence-corrected chi connectivity index (χ1v) is 7.02. The summed E-state index contributed by atoms with van der Waals surface area (Å²) in [7, 11) is 0. The van der Waals surface area contributed by atoms with Crippen molar-refractivity contribution >= 4 is 28.4 Å². The lowest BCUT2D eigenvalue weighted by atomic mass is 10.2. The van der Waals surface area contributed by atoms with E-state index < -0.39 is 5.76 Å². The maximum atomic E-state index is 12.3. The lowest BCUT2D eigenvalue weighted by molar-refractivity contribution is -0.130. The van der Waals surface area contributed by atoms with E-state index in [9.17, 15) is 9.59 Å². The summed E-state index contributed by atoms with van der Waals surface area (Å²) in [6.07, 6.45) is 2.12. The Labute approximate surface area is 121 Å². The molecule has 1 saturated heterocycles. The standard InChI is InChI=1S/C14H18N4O3/c1-8(13(19)18-4-2-3-5-18)16-10-7-11-12(6-9(10)15)21-14(20)17-11/h6-8,16H,2-5,15H2,1H3,(H,17,20). The molecule has 1 aromatic carbocycles. The Bertz CT molecular complexity index is 727. The number of carbonyl (C=O) groups is 1. The topological polar surface area (TPSA) is 104 Å². The van der Waals surface area contributed by atoms with Crippen LogP contribution in [-0.2, 0) is 4.79 Å². The van der Waals surface area contributed by atoms with Crippen molar-refractivity contribution in [2.75, 3.05) is 24.1 Å². The quantitative estimate of drug-likeness (QED) is 0.735. The van der Waals surface area contributed by atoms with Gasteiger partial charge in [0.15, 0.2) is 5.58 Å². The second-order valence-corrected chi connectivity index (χ2v) is 5.35. The molecule has 0 aliphatic carbocycles. The monoisotopic (exact) mass is 290 g/mol. The van der Waals surface area contributed by atoms with Crippen LogP contribution in [0.4, 0.5) is 11.4 Å². The van der Waals surface area contributed by atoms with Crippen LogP contribution in [0.5, 0.6) is 0 Å². The SMILES string of the molecule is CC(Nc1cc2[nH]c(=O)oc2cc1N)C(=O)N1CCCC1. The van der Waals surface area contributed by atoms with Crippen LogP contribution >= 0.6 is 0 Å². The number of H-pyrrole nitrogens is 1. The Morgan fingerprint density at radius 3 is 2.86 bits per heavy atom. The van der Waals surface area contributed by atoms with Crippen LogP contribution in [0.15, 0.2) is 21.3 Å². The molecule has 1 amide bonds. The van der Waals surface area contributed by atoms with Crippen molar-refractivity contribution in [2.45, 2.75) is 25.8 Å². The zero-order valence-electron chi connectivity index (χ0n) is 11.8. The van der Waals surface area contributed by atoms with Gasteiger partial charge in [-0.05, 0) is 25.8 Å². The summed E-state index contributed by atoms with van der Waals surface area (Å²) in [5.41, 5.74) is 7.94. The minimum atomic E-state index is -0.525. The van der Waals surface area contributed by atoms with E-state index in [2.05, 4.69) is 10.3 Å². The molecule has 112 valence electrons. The van der Waals surface area contributed by atoms with Crippen molar-refractivity contribution in [1.29, 1.82) is 0 Å². The smallest absolute Gasteiger partial charge is 0.408 e. The molecule has 2 aromatic rings. The summed E-state index contributed by atoms with van der Waals surface area (Å²) in [5.74, 6) is -0.463. The highest BCUT2D eigenvalue weighted by Crippen LogP contribution is 2.25. The number of anilines is 2. The summed E-state index contributed by atoms with van der Waals surface area (Å²) in [6.45, 7) is 3.44. The highest BCUT2D eigenvalue weighted by Gasteiger charge is 2.23.